The molecule has 0 radical (unpaired) electrons. The Balaban J connectivity index is 1.13. The van der Waals surface area contributed by atoms with E-state index in [1.807, 2.05) is 0 Å². The fourth-order valence-corrected chi connectivity index (χ4v) is 7.89. The van der Waals surface area contributed by atoms with E-state index in [1.54, 1.807) is 0 Å². The predicted octanol–water partition coefficient (Wildman–Crippen LogP) is 13.0. The van der Waals surface area contributed by atoms with Gasteiger partial charge in [-0.15, -0.1) is 0 Å². The van der Waals surface area contributed by atoms with Gasteiger partial charge in [-0.05, 0) is 96.9 Å². The summed E-state index contributed by atoms with van der Waals surface area (Å²) in [5.74, 6) is 0. The fraction of sp³-hybridized carbons (Fsp3) is 0.0213. The summed E-state index contributed by atoms with van der Waals surface area (Å²) in [6, 6.07) is 62.7. The Morgan fingerprint density at radius 3 is 1.54 bits per heavy atom. The molecule has 0 saturated carbocycles. The molecule has 1 aromatic heterocycles. The molecule has 9 aromatic carbocycles. The van der Waals surface area contributed by atoms with E-state index in [-0.39, 0.29) is 0 Å². The summed E-state index contributed by atoms with van der Waals surface area (Å²) in [6.45, 7) is 2.15. The largest absolute Gasteiger partial charge is 0.309 e. The van der Waals surface area contributed by atoms with Crippen LogP contribution in [-0.2, 0) is 0 Å². The van der Waals surface area contributed by atoms with Crippen LogP contribution in [-0.4, -0.2) is 4.57 Å². The molecule has 48 heavy (non-hydrogen) atoms. The van der Waals surface area contributed by atoms with Gasteiger partial charge in [0.2, 0.25) is 0 Å². The molecule has 224 valence electrons. The predicted molar refractivity (Wildman–Crippen MR) is 206 cm³/mol. The van der Waals surface area contributed by atoms with E-state index in [0.717, 1.165) is 5.69 Å². The second kappa shape index (κ2) is 10.4. The minimum atomic E-state index is 1.16. The van der Waals surface area contributed by atoms with Crippen LogP contribution >= 0.6 is 0 Å². The van der Waals surface area contributed by atoms with Gasteiger partial charge in [-0.2, -0.15) is 0 Å². The highest BCUT2D eigenvalue weighted by molar-refractivity contribution is 6.27. The van der Waals surface area contributed by atoms with E-state index < -0.39 is 0 Å². The van der Waals surface area contributed by atoms with Crippen molar-refractivity contribution < 1.29 is 0 Å². The maximum absolute atomic E-state index is 2.41. The number of para-hydroxylation sites is 1. The molecule has 1 nitrogen and oxygen atoms in total. The third-order valence-corrected chi connectivity index (χ3v) is 10.2. The molecular formula is C47H31N. The van der Waals surface area contributed by atoms with Crippen LogP contribution in [0.25, 0.3) is 93.2 Å². The lowest BCUT2D eigenvalue weighted by Gasteiger charge is -2.17. The highest BCUT2D eigenvalue weighted by atomic mass is 15.0. The van der Waals surface area contributed by atoms with Crippen LogP contribution in [0.4, 0.5) is 0 Å². The van der Waals surface area contributed by atoms with Gasteiger partial charge in [-0.3, -0.25) is 0 Å². The van der Waals surface area contributed by atoms with Gasteiger partial charge in [0, 0.05) is 16.5 Å². The van der Waals surface area contributed by atoms with Crippen molar-refractivity contribution in [2.45, 2.75) is 6.92 Å². The number of benzene rings is 9. The van der Waals surface area contributed by atoms with Crippen molar-refractivity contribution in [3.8, 4) is 39.1 Å². The van der Waals surface area contributed by atoms with Crippen molar-refractivity contribution in [2.24, 2.45) is 0 Å². The Bertz CT molecular complexity index is 2800. The van der Waals surface area contributed by atoms with Crippen LogP contribution < -0.4 is 0 Å². The van der Waals surface area contributed by atoms with Crippen molar-refractivity contribution >= 4 is 54.1 Å². The maximum atomic E-state index is 2.41. The van der Waals surface area contributed by atoms with Gasteiger partial charge in [0.25, 0.3) is 0 Å². The zero-order valence-electron chi connectivity index (χ0n) is 26.6. The van der Waals surface area contributed by atoms with Crippen LogP contribution in [0.2, 0.25) is 0 Å². The molecule has 1 heterocycles. The highest BCUT2D eigenvalue weighted by Crippen LogP contribution is 2.43. The van der Waals surface area contributed by atoms with Crippen LogP contribution in [0.3, 0.4) is 0 Å². The Hall–Kier alpha value is -6.18. The number of hydrogen-bond donors (Lipinski definition) is 0. The zero-order chi connectivity index (χ0) is 31.8. The Labute approximate surface area is 279 Å². The molecule has 0 spiro atoms. The lowest BCUT2D eigenvalue weighted by atomic mass is 9.87. The van der Waals surface area contributed by atoms with Crippen molar-refractivity contribution in [3.05, 3.63) is 175 Å². The Morgan fingerprint density at radius 2 is 0.875 bits per heavy atom. The third kappa shape index (κ3) is 4.04. The number of fused-ring (bicyclic) bond motifs is 3. The van der Waals surface area contributed by atoms with Crippen LogP contribution in [0.5, 0.6) is 0 Å². The molecule has 10 rings (SSSR count). The monoisotopic (exact) mass is 609 g/mol. The first-order valence-electron chi connectivity index (χ1n) is 16.7. The van der Waals surface area contributed by atoms with Crippen molar-refractivity contribution in [2.75, 3.05) is 0 Å². The lowest BCUT2D eigenvalue weighted by molar-refractivity contribution is 1.18. The average Bonchev–Trinajstić information content (AvgIpc) is 3.48. The molecule has 0 fully saturated rings. The number of aryl methyl sites for hydroxylation is 1. The number of aromatic nitrogens is 1. The van der Waals surface area contributed by atoms with E-state index in [4.69, 9.17) is 0 Å². The smallest absolute Gasteiger partial charge is 0.0547 e. The topological polar surface area (TPSA) is 4.93 Å². The second-order valence-electron chi connectivity index (χ2n) is 13.0. The minimum absolute atomic E-state index is 1.16. The zero-order valence-corrected chi connectivity index (χ0v) is 26.6. The van der Waals surface area contributed by atoms with Gasteiger partial charge in [0.05, 0.1) is 11.0 Å². The van der Waals surface area contributed by atoms with E-state index in [2.05, 4.69) is 181 Å². The number of hydrogen-bond acceptors (Lipinski definition) is 0. The van der Waals surface area contributed by atoms with Crippen molar-refractivity contribution in [1.82, 2.24) is 4.57 Å². The first-order chi connectivity index (χ1) is 23.7. The molecule has 0 aliphatic heterocycles. The lowest BCUT2D eigenvalue weighted by Crippen LogP contribution is -1.94. The summed E-state index contributed by atoms with van der Waals surface area (Å²) < 4.78 is 2.41. The van der Waals surface area contributed by atoms with Gasteiger partial charge in [0.1, 0.15) is 0 Å². The highest BCUT2D eigenvalue weighted by Gasteiger charge is 2.16. The molecule has 0 aliphatic carbocycles. The number of rotatable bonds is 4. The van der Waals surface area contributed by atoms with E-state index in [0.29, 0.717) is 0 Å². The molecule has 0 bridgehead atoms. The summed E-state index contributed by atoms with van der Waals surface area (Å²) in [5, 5.41) is 10.4. The molecular weight excluding hydrogens is 579 g/mol. The Morgan fingerprint density at radius 1 is 0.354 bits per heavy atom. The average molecular weight is 610 g/mol. The molecule has 0 saturated heterocycles. The number of nitrogens with zero attached hydrogens (tertiary/aromatic N) is 1. The van der Waals surface area contributed by atoms with Gasteiger partial charge >= 0.3 is 0 Å². The standard InChI is InChI=1S/C47H31N/c1-30-11-13-32(14-12-30)38-24-17-34-20-28-43-39(25-18-35-19-27-42(38)46(34)47(35)43)33-15-22-37(23-16-33)48-44-10-6-5-9-40(44)41-26-21-36(29-45(41)48)31-7-3-2-4-8-31/h2-29H,1H3. The van der Waals surface area contributed by atoms with E-state index in [9.17, 15) is 0 Å². The van der Waals surface area contributed by atoms with Crippen LogP contribution in [0, 0.1) is 6.92 Å². The summed E-state index contributed by atoms with van der Waals surface area (Å²) in [4.78, 5) is 0. The van der Waals surface area contributed by atoms with Gasteiger partial charge in [-0.1, -0.05) is 151 Å². The van der Waals surface area contributed by atoms with Gasteiger partial charge < -0.3 is 4.57 Å². The van der Waals surface area contributed by atoms with Crippen molar-refractivity contribution in [1.29, 1.82) is 0 Å². The molecule has 10 aromatic rings. The van der Waals surface area contributed by atoms with E-state index >= 15 is 0 Å². The Kier molecular flexibility index (Phi) is 5.86. The maximum Gasteiger partial charge on any atom is 0.0547 e. The summed E-state index contributed by atoms with van der Waals surface area (Å²) >= 11 is 0. The first-order valence-corrected chi connectivity index (χ1v) is 16.7. The van der Waals surface area contributed by atoms with Gasteiger partial charge in [-0.25, -0.2) is 0 Å². The molecule has 0 atom stereocenters. The van der Waals surface area contributed by atoms with Gasteiger partial charge in [0.15, 0.2) is 0 Å². The minimum Gasteiger partial charge on any atom is -0.309 e. The normalized spacial score (nSPS) is 11.9. The summed E-state index contributed by atoms with van der Waals surface area (Å²) in [5.41, 5.74) is 12.4. The van der Waals surface area contributed by atoms with Crippen molar-refractivity contribution in [3.63, 3.8) is 0 Å². The molecule has 0 unspecified atom stereocenters. The van der Waals surface area contributed by atoms with E-state index in [1.165, 1.54) is 93.1 Å². The molecule has 0 aliphatic rings. The molecule has 0 N–H and O–H groups in total. The van der Waals surface area contributed by atoms with Crippen LogP contribution in [0.15, 0.2) is 170 Å². The van der Waals surface area contributed by atoms with Crippen LogP contribution in [0.1, 0.15) is 5.56 Å². The third-order valence-electron chi connectivity index (χ3n) is 10.2. The fourth-order valence-electron chi connectivity index (χ4n) is 7.89. The summed E-state index contributed by atoms with van der Waals surface area (Å²) in [6.07, 6.45) is 0. The first kappa shape index (κ1) is 27.0. The molecule has 0 amide bonds. The molecule has 1 heteroatoms. The SMILES string of the molecule is Cc1ccc(-c2ccc3ccc4c(-c5ccc(-n6c7ccccc7c7ccc(-c8ccccc8)cc76)cc5)ccc5ccc2c3c54)cc1. The summed E-state index contributed by atoms with van der Waals surface area (Å²) in [7, 11) is 0. The second-order valence-corrected chi connectivity index (χ2v) is 13.0. The quantitative estimate of drug-likeness (QED) is 0.175.